The van der Waals surface area contributed by atoms with E-state index in [-0.39, 0.29) is 24.1 Å². The number of nitrogens with one attached hydrogen (secondary N) is 2. The predicted molar refractivity (Wildman–Crippen MR) is 113 cm³/mol. The largest absolute Gasteiger partial charge is 0.454 e. The number of rotatable bonds is 9. The van der Waals surface area contributed by atoms with Crippen LogP contribution in [0, 0.1) is 6.92 Å². The van der Waals surface area contributed by atoms with Crippen LogP contribution in [-0.4, -0.2) is 39.2 Å². The average molecular weight is 437 g/mol. The molecule has 1 unspecified atom stereocenters. The molecule has 0 saturated carbocycles. The second-order valence-electron chi connectivity index (χ2n) is 6.67. The van der Waals surface area contributed by atoms with Gasteiger partial charge in [0, 0.05) is 6.54 Å². The van der Waals surface area contributed by atoms with E-state index >= 15 is 0 Å². The predicted octanol–water partition coefficient (Wildman–Crippen LogP) is 2.44. The molecular weight excluding hydrogens is 412 g/mol. The first-order valence-electron chi connectivity index (χ1n) is 9.13. The second-order valence-corrected chi connectivity index (χ2v) is 9.37. The maximum atomic E-state index is 12.7. The summed E-state index contributed by atoms with van der Waals surface area (Å²) in [5.74, 6) is 1.59. The molecule has 3 rings (SSSR count). The Morgan fingerprint density at radius 1 is 1.14 bits per heavy atom. The van der Waals surface area contributed by atoms with Crippen molar-refractivity contribution in [2.45, 2.75) is 30.8 Å². The van der Waals surface area contributed by atoms with Gasteiger partial charge in [-0.3, -0.25) is 4.79 Å². The summed E-state index contributed by atoms with van der Waals surface area (Å²) in [6, 6.07) is 11.1. The van der Waals surface area contributed by atoms with Gasteiger partial charge in [-0.15, -0.1) is 0 Å². The third-order valence-corrected chi connectivity index (χ3v) is 6.59. The van der Waals surface area contributed by atoms with Crippen molar-refractivity contribution in [3.63, 3.8) is 0 Å². The highest BCUT2D eigenvalue weighted by Crippen LogP contribution is 2.32. The van der Waals surface area contributed by atoms with Crippen LogP contribution in [-0.2, 0) is 21.4 Å². The molecule has 1 atom stereocenters. The van der Waals surface area contributed by atoms with E-state index in [0.717, 1.165) is 11.1 Å². The Hall–Kier alpha value is -2.23. The summed E-state index contributed by atoms with van der Waals surface area (Å²) < 4.78 is 38.6. The van der Waals surface area contributed by atoms with Gasteiger partial charge in [-0.25, -0.2) is 8.42 Å². The Labute approximate surface area is 175 Å². The number of carbonyl (C=O) groups excluding carboxylic acids is 1. The third kappa shape index (κ3) is 5.65. The van der Waals surface area contributed by atoms with Crippen molar-refractivity contribution < 1.29 is 22.7 Å². The molecule has 1 amide bonds. The number of sulfonamides is 1. The van der Waals surface area contributed by atoms with Gasteiger partial charge in [-0.1, -0.05) is 23.8 Å². The smallest absolute Gasteiger partial charge is 0.241 e. The van der Waals surface area contributed by atoms with E-state index in [4.69, 9.17) is 9.47 Å². The summed E-state index contributed by atoms with van der Waals surface area (Å²) in [4.78, 5) is 12.9. The second kappa shape index (κ2) is 9.51. The normalized spacial score (nSPS) is 13.9. The average Bonchev–Trinajstić information content (AvgIpc) is 3.17. The molecule has 7 nitrogen and oxygen atoms in total. The Morgan fingerprint density at radius 3 is 2.59 bits per heavy atom. The fourth-order valence-corrected chi connectivity index (χ4v) is 4.52. The quantitative estimate of drug-likeness (QED) is 0.627. The first kappa shape index (κ1) is 21.5. The minimum Gasteiger partial charge on any atom is -0.454 e. The summed E-state index contributed by atoms with van der Waals surface area (Å²) in [5, 5.41) is 2.81. The monoisotopic (exact) mass is 436 g/mol. The summed E-state index contributed by atoms with van der Waals surface area (Å²) in [5.41, 5.74) is 1.80. The minimum absolute atomic E-state index is 0.140. The maximum absolute atomic E-state index is 12.7. The number of thioether (sulfide) groups is 1. The summed E-state index contributed by atoms with van der Waals surface area (Å²) in [6.07, 6.45) is 2.30. The van der Waals surface area contributed by atoms with Crippen molar-refractivity contribution in [3.8, 4) is 11.5 Å². The van der Waals surface area contributed by atoms with Crippen LogP contribution in [0.25, 0.3) is 0 Å². The molecular formula is C20H24N2O5S2. The van der Waals surface area contributed by atoms with E-state index in [2.05, 4.69) is 10.0 Å². The molecule has 0 bridgehead atoms. The molecule has 1 aliphatic heterocycles. The van der Waals surface area contributed by atoms with Crippen molar-refractivity contribution in [1.82, 2.24) is 10.0 Å². The van der Waals surface area contributed by atoms with E-state index in [1.807, 2.05) is 19.2 Å². The molecule has 0 aromatic heterocycles. The van der Waals surface area contributed by atoms with Gasteiger partial charge in [-0.05, 0) is 55.2 Å². The number of benzene rings is 2. The molecule has 0 aliphatic carbocycles. The van der Waals surface area contributed by atoms with Gasteiger partial charge < -0.3 is 14.8 Å². The van der Waals surface area contributed by atoms with Gasteiger partial charge in [0.2, 0.25) is 22.7 Å². The zero-order valence-corrected chi connectivity index (χ0v) is 17.9. The number of carbonyl (C=O) groups is 1. The molecule has 29 heavy (non-hydrogen) atoms. The Bertz CT molecular complexity index is 961. The molecule has 2 aromatic rings. The van der Waals surface area contributed by atoms with E-state index in [1.54, 1.807) is 36.0 Å². The van der Waals surface area contributed by atoms with Crippen molar-refractivity contribution >= 4 is 27.7 Å². The summed E-state index contributed by atoms with van der Waals surface area (Å²) in [7, 11) is -3.80. The fraction of sp³-hybridized carbons (Fsp3) is 0.350. The van der Waals surface area contributed by atoms with Crippen molar-refractivity contribution in [3.05, 3.63) is 53.6 Å². The molecule has 0 fully saturated rings. The molecule has 9 heteroatoms. The van der Waals surface area contributed by atoms with Gasteiger partial charge in [0.25, 0.3) is 0 Å². The van der Waals surface area contributed by atoms with Gasteiger partial charge in [0.05, 0.1) is 4.90 Å². The maximum Gasteiger partial charge on any atom is 0.241 e. The SMILES string of the molecule is CSCCC(NS(=O)(=O)c1ccc(C)cc1)C(=O)NCc1ccc2c(c1)OCO2. The number of fused-ring (bicyclic) bond motifs is 1. The highest BCUT2D eigenvalue weighted by Gasteiger charge is 2.25. The van der Waals surface area contributed by atoms with E-state index < -0.39 is 16.1 Å². The third-order valence-electron chi connectivity index (χ3n) is 4.46. The number of aryl methyl sites for hydroxylation is 1. The zero-order valence-electron chi connectivity index (χ0n) is 16.3. The first-order valence-corrected chi connectivity index (χ1v) is 12.0. The van der Waals surface area contributed by atoms with Crippen LogP contribution >= 0.6 is 11.8 Å². The van der Waals surface area contributed by atoms with Crippen molar-refractivity contribution in [2.24, 2.45) is 0 Å². The van der Waals surface area contributed by atoms with Crippen LogP contribution in [0.2, 0.25) is 0 Å². The number of ether oxygens (including phenoxy) is 2. The highest BCUT2D eigenvalue weighted by molar-refractivity contribution is 7.98. The van der Waals surface area contributed by atoms with Crippen molar-refractivity contribution in [1.29, 1.82) is 0 Å². The lowest BCUT2D eigenvalue weighted by Crippen LogP contribution is -2.46. The van der Waals surface area contributed by atoms with Gasteiger partial charge in [-0.2, -0.15) is 16.5 Å². The molecule has 2 aromatic carbocycles. The topological polar surface area (TPSA) is 93.7 Å². The van der Waals surface area contributed by atoms with E-state index in [1.165, 1.54) is 12.1 Å². The van der Waals surface area contributed by atoms with Gasteiger partial charge in [0.15, 0.2) is 11.5 Å². The number of hydrogen-bond acceptors (Lipinski definition) is 6. The van der Waals surface area contributed by atoms with Crippen LogP contribution in [0.1, 0.15) is 17.5 Å². The molecule has 1 aliphatic rings. The molecule has 0 radical (unpaired) electrons. The van der Waals surface area contributed by atoms with Crippen molar-refractivity contribution in [2.75, 3.05) is 18.8 Å². The Balaban J connectivity index is 1.67. The van der Waals surface area contributed by atoms with Gasteiger partial charge >= 0.3 is 0 Å². The van der Waals surface area contributed by atoms with Crippen LogP contribution < -0.4 is 19.5 Å². The molecule has 1 heterocycles. The van der Waals surface area contributed by atoms with Crippen LogP contribution in [0.5, 0.6) is 11.5 Å². The van der Waals surface area contributed by atoms with E-state index in [0.29, 0.717) is 23.7 Å². The minimum atomic E-state index is -3.80. The lowest BCUT2D eigenvalue weighted by molar-refractivity contribution is -0.122. The Kier molecular flexibility index (Phi) is 7.05. The number of amides is 1. The molecule has 156 valence electrons. The summed E-state index contributed by atoms with van der Waals surface area (Å²) in [6.45, 7) is 2.33. The molecule has 0 spiro atoms. The lowest BCUT2D eigenvalue weighted by Gasteiger charge is -2.18. The van der Waals surface area contributed by atoms with Crippen LogP contribution in [0.15, 0.2) is 47.4 Å². The van der Waals surface area contributed by atoms with E-state index in [9.17, 15) is 13.2 Å². The van der Waals surface area contributed by atoms with Crippen LogP contribution in [0.3, 0.4) is 0 Å². The Morgan fingerprint density at radius 2 is 1.86 bits per heavy atom. The first-order chi connectivity index (χ1) is 13.9. The summed E-state index contributed by atoms with van der Waals surface area (Å²) >= 11 is 1.55. The standard InChI is InChI=1S/C20H24N2O5S2/c1-14-3-6-16(7-4-14)29(24,25)22-17(9-10-28-2)20(23)21-12-15-5-8-18-19(11-15)27-13-26-18/h3-8,11,17,22H,9-10,12-13H2,1-2H3,(H,21,23). The molecule has 0 saturated heterocycles. The lowest BCUT2D eigenvalue weighted by atomic mass is 10.2. The van der Waals surface area contributed by atoms with Crippen LogP contribution in [0.4, 0.5) is 0 Å². The van der Waals surface area contributed by atoms with Gasteiger partial charge in [0.1, 0.15) is 6.04 Å². The number of hydrogen-bond donors (Lipinski definition) is 2. The fourth-order valence-electron chi connectivity index (χ4n) is 2.82. The molecule has 2 N–H and O–H groups in total. The highest BCUT2D eigenvalue weighted by atomic mass is 32.2. The zero-order chi connectivity index (χ0) is 20.9.